The molecule has 0 N–H and O–H groups in total. The minimum atomic E-state index is -0.346. The first-order valence-corrected chi connectivity index (χ1v) is 26.8. The molecule has 0 aromatic carbocycles. The number of hydrogen-bond donors (Lipinski definition) is 0. The van der Waals surface area contributed by atoms with E-state index in [0.29, 0.717) is 0 Å². The Morgan fingerprint density at radius 3 is 0.512 bits per heavy atom. The second-order valence-corrected chi connectivity index (χ2v) is 24.6. The summed E-state index contributed by atoms with van der Waals surface area (Å²) in [6.07, 6.45) is 47.6. The predicted octanol–water partition coefficient (Wildman–Crippen LogP) is 13.8. The minimum absolute atomic E-state index is 0.0465. The third kappa shape index (κ3) is 12.3. The Labute approximate surface area is 275 Å². The van der Waals surface area contributed by atoms with Crippen LogP contribution in [0.15, 0.2) is 0 Å². The topological polar surface area (TPSA) is 0 Å². The van der Waals surface area contributed by atoms with Crippen LogP contribution in [0.25, 0.3) is 0 Å². The molecule has 0 atom stereocenters. The zero-order valence-electron chi connectivity index (χ0n) is 26.8. The maximum absolute atomic E-state index is 4.85. The molecule has 5 heteroatoms. The first-order chi connectivity index (χ1) is 20.3. The monoisotopic (exact) mass is 734 g/mol. The van der Waals surface area contributed by atoms with Gasteiger partial charge in [-0.25, -0.2) is 0 Å². The Morgan fingerprint density at radius 2 is 0.390 bits per heavy atom. The molecule has 6 aliphatic carbocycles. The molecule has 0 unspecified atom stereocenters. The molecule has 0 heterocycles. The SMILES string of the molecule is C1CCC([PH+](C2CCCCC2)C2CCCCC2)CC1.C1CCC([PH+](C2CCCCC2)C2CCCCC2)CC1.[Cl][Ru][Cl]. The Kier molecular flexibility index (Phi) is 19.1. The Morgan fingerprint density at radius 1 is 0.268 bits per heavy atom. The average Bonchev–Trinajstić information content (AvgIpc) is 3.05. The molecule has 0 saturated heterocycles. The molecular weight excluding hydrogens is 666 g/mol. The van der Waals surface area contributed by atoms with E-state index in [1.54, 1.807) is 193 Å². The van der Waals surface area contributed by atoms with Crippen LogP contribution in [-0.2, 0) is 15.1 Å². The molecule has 0 aromatic heterocycles. The van der Waals surface area contributed by atoms with Crippen molar-refractivity contribution in [1.29, 1.82) is 0 Å². The second-order valence-electron chi connectivity index (χ2n) is 15.1. The summed E-state index contributed by atoms with van der Waals surface area (Å²) in [6.45, 7) is 0. The van der Waals surface area contributed by atoms with E-state index in [1.807, 2.05) is 0 Å². The van der Waals surface area contributed by atoms with Gasteiger partial charge in [0.25, 0.3) is 0 Å². The van der Waals surface area contributed by atoms with Crippen LogP contribution in [0.1, 0.15) is 193 Å². The van der Waals surface area contributed by atoms with Crippen molar-refractivity contribution >= 4 is 35.2 Å². The summed E-state index contributed by atoms with van der Waals surface area (Å²) >= 11 is -0.346. The van der Waals surface area contributed by atoms with E-state index in [0.717, 1.165) is 0 Å². The molecule has 41 heavy (non-hydrogen) atoms. The fourth-order valence-corrected chi connectivity index (χ4v) is 21.1. The molecule has 6 rings (SSSR count). The molecule has 6 aliphatic rings. The predicted molar refractivity (Wildman–Crippen MR) is 190 cm³/mol. The third-order valence-corrected chi connectivity index (χ3v) is 21.6. The van der Waals surface area contributed by atoms with E-state index in [4.69, 9.17) is 19.4 Å². The Hall–Kier alpha value is 2.06. The van der Waals surface area contributed by atoms with E-state index in [1.165, 1.54) is 34.0 Å². The van der Waals surface area contributed by atoms with Gasteiger partial charge in [0.1, 0.15) is 0 Å². The molecule has 0 radical (unpaired) electrons. The Balaban J connectivity index is 0.000000173. The van der Waals surface area contributed by atoms with Crippen LogP contribution in [0.2, 0.25) is 0 Å². The van der Waals surface area contributed by atoms with Gasteiger partial charge in [0.05, 0.1) is 34.0 Å². The third-order valence-electron chi connectivity index (χ3n) is 12.5. The van der Waals surface area contributed by atoms with Crippen molar-refractivity contribution in [3.63, 3.8) is 0 Å². The molecule has 0 aliphatic heterocycles. The van der Waals surface area contributed by atoms with Crippen molar-refractivity contribution in [1.82, 2.24) is 0 Å². The van der Waals surface area contributed by atoms with E-state index < -0.39 is 0 Å². The van der Waals surface area contributed by atoms with Gasteiger partial charge in [0.15, 0.2) is 0 Å². The Bertz CT molecular complexity index is 490. The van der Waals surface area contributed by atoms with Crippen LogP contribution in [0.3, 0.4) is 0 Å². The van der Waals surface area contributed by atoms with Gasteiger partial charge >= 0.3 is 34.5 Å². The fourth-order valence-electron chi connectivity index (χ4n) is 10.6. The summed E-state index contributed by atoms with van der Waals surface area (Å²) in [7, 11) is 9.61. The molecular formula is C36H68Cl2P2Ru+2. The molecule has 0 bridgehead atoms. The fraction of sp³-hybridized carbons (Fsp3) is 1.00. The van der Waals surface area contributed by atoms with Crippen molar-refractivity contribution in [2.75, 3.05) is 0 Å². The van der Waals surface area contributed by atoms with Crippen molar-refractivity contribution in [3.8, 4) is 0 Å². The summed E-state index contributed by atoms with van der Waals surface area (Å²) < 4.78 is 0. The summed E-state index contributed by atoms with van der Waals surface area (Å²) in [5.41, 5.74) is 7.36. The van der Waals surface area contributed by atoms with Crippen LogP contribution in [0.5, 0.6) is 0 Å². The van der Waals surface area contributed by atoms with E-state index in [2.05, 4.69) is 0 Å². The first-order valence-electron chi connectivity index (χ1n) is 18.9. The van der Waals surface area contributed by atoms with Gasteiger partial charge in [0.2, 0.25) is 0 Å². The van der Waals surface area contributed by atoms with Gasteiger partial charge in [-0.1, -0.05) is 38.5 Å². The van der Waals surface area contributed by atoms with Gasteiger partial charge in [0, 0.05) is 15.8 Å². The van der Waals surface area contributed by atoms with Gasteiger partial charge < -0.3 is 0 Å². The van der Waals surface area contributed by atoms with E-state index >= 15 is 0 Å². The summed E-state index contributed by atoms with van der Waals surface area (Å²) in [5, 5.41) is 0. The molecule has 0 nitrogen and oxygen atoms in total. The van der Waals surface area contributed by atoms with Crippen LogP contribution >= 0.6 is 35.2 Å². The van der Waals surface area contributed by atoms with Crippen molar-refractivity contribution in [3.05, 3.63) is 0 Å². The van der Waals surface area contributed by atoms with E-state index in [9.17, 15) is 0 Å². The molecule has 6 fully saturated rings. The standard InChI is InChI=1S/2C18H33P.2ClH.Ru/c2*1-4-10-16(11-5-1)19(17-12-6-2-7-13-17)18-14-8-3-9-15-18;;;/h2*16-18H,1-15H2;2*1H;/q;;;;+2. The van der Waals surface area contributed by atoms with Crippen LogP contribution < -0.4 is 0 Å². The van der Waals surface area contributed by atoms with Gasteiger partial charge in [-0.05, 0) is 154 Å². The van der Waals surface area contributed by atoms with Crippen molar-refractivity contribution in [2.24, 2.45) is 0 Å². The molecule has 242 valence electrons. The quantitative estimate of drug-likeness (QED) is 0.188. The first kappa shape index (κ1) is 35.9. The second kappa shape index (κ2) is 21.8. The van der Waals surface area contributed by atoms with Crippen LogP contribution in [0.4, 0.5) is 0 Å². The number of hydrogen-bond acceptors (Lipinski definition) is 0. The maximum atomic E-state index is 4.85. The summed E-state index contributed by atoms with van der Waals surface area (Å²) in [5.74, 6) is 0. The summed E-state index contributed by atoms with van der Waals surface area (Å²) in [4.78, 5) is 0. The number of rotatable bonds is 6. The van der Waals surface area contributed by atoms with Gasteiger partial charge in [-0.3, -0.25) is 0 Å². The van der Waals surface area contributed by atoms with Gasteiger partial charge in [-0.2, -0.15) is 0 Å². The normalized spacial score (nSPS) is 27.3. The molecule has 0 spiro atoms. The average molecular weight is 735 g/mol. The molecule has 0 aromatic rings. The van der Waals surface area contributed by atoms with Crippen molar-refractivity contribution in [2.45, 2.75) is 227 Å². The summed E-state index contributed by atoms with van der Waals surface area (Å²) in [6, 6.07) is 0. The zero-order valence-corrected chi connectivity index (χ0v) is 32.0. The number of halogens is 2. The van der Waals surface area contributed by atoms with Crippen LogP contribution in [0, 0.1) is 0 Å². The molecule has 6 saturated carbocycles. The van der Waals surface area contributed by atoms with Crippen molar-refractivity contribution < 1.29 is 15.1 Å². The van der Waals surface area contributed by atoms with E-state index in [-0.39, 0.29) is 31.0 Å². The van der Waals surface area contributed by atoms with Crippen LogP contribution in [-0.4, -0.2) is 34.0 Å². The van der Waals surface area contributed by atoms with Gasteiger partial charge in [-0.15, -0.1) is 0 Å². The molecule has 0 amide bonds. The zero-order chi connectivity index (χ0) is 28.5.